The number of anilines is 1. The van der Waals surface area contributed by atoms with Crippen LogP contribution in [0, 0.1) is 10.8 Å². The van der Waals surface area contributed by atoms with Gasteiger partial charge in [-0.15, -0.1) is 0 Å². The van der Waals surface area contributed by atoms with Gasteiger partial charge in [0.15, 0.2) is 0 Å². The van der Waals surface area contributed by atoms with Crippen molar-refractivity contribution in [3.8, 4) is 5.75 Å². The zero-order chi connectivity index (χ0) is 15.7. The smallest absolute Gasteiger partial charge is 0.387 e. The first kappa shape index (κ1) is 16.1. The third-order valence-corrected chi connectivity index (χ3v) is 4.01. The molecule has 4 heteroatoms. The van der Waals surface area contributed by atoms with Gasteiger partial charge in [0.1, 0.15) is 5.75 Å². The molecule has 1 aliphatic rings. The Morgan fingerprint density at radius 1 is 1.05 bits per heavy atom. The molecule has 0 radical (unpaired) electrons. The SMILES string of the molecule is CC1(C)CC(Nc2ccc(OC(F)F)cc2)CC(C)(C)C1. The second-order valence-corrected chi connectivity index (χ2v) is 7.66. The van der Waals surface area contributed by atoms with E-state index in [-0.39, 0.29) is 5.75 Å². The Morgan fingerprint density at radius 3 is 2.05 bits per heavy atom. The Kier molecular flexibility index (Phi) is 4.45. The minimum absolute atomic E-state index is 0.194. The summed E-state index contributed by atoms with van der Waals surface area (Å²) >= 11 is 0. The van der Waals surface area contributed by atoms with Gasteiger partial charge in [-0.1, -0.05) is 27.7 Å². The number of ether oxygens (including phenoxy) is 1. The third-order valence-electron chi connectivity index (χ3n) is 4.01. The van der Waals surface area contributed by atoms with Gasteiger partial charge in [-0.25, -0.2) is 0 Å². The van der Waals surface area contributed by atoms with E-state index < -0.39 is 6.61 Å². The highest BCUT2D eigenvalue weighted by Gasteiger charge is 2.38. The highest BCUT2D eigenvalue weighted by Crippen LogP contribution is 2.46. The van der Waals surface area contributed by atoms with E-state index in [4.69, 9.17) is 0 Å². The molecule has 21 heavy (non-hydrogen) atoms. The van der Waals surface area contributed by atoms with E-state index in [1.54, 1.807) is 24.3 Å². The summed E-state index contributed by atoms with van der Waals surface area (Å²) in [5.74, 6) is 0.194. The summed E-state index contributed by atoms with van der Waals surface area (Å²) in [7, 11) is 0. The van der Waals surface area contributed by atoms with Crippen molar-refractivity contribution < 1.29 is 13.5 Å². The van der Waals surface area contributed by atoms with Crippen LogP contribution in [-0.2, 0) is 0 Å². The second-order valence-electron chi connectivity index (χ2n) is 7.66. The van der Waals surface area contributed by atoms with Crippen molar-refractivity contribution in [3.05, 3.63) is 24.3 Å². The van der Waals surface area contributed by atoms with Crippen LogP contribution in [-0.4, -0.2) is 12.7 Å². The van der Waals surface area contributed by atoms with Gasteiger partial charge >= 0.3 is 6.61 Å². The molecule has 1 saturated carbocycles. The first-order valence-electron chi connectivity index (χ1n) is 7.47. The topological polar surface area (TPSA) is 21.3 Å². The van der Waals surface area contributed by atoms with E-state index in [2.05, 4.69) is 37.7 Å². The fraction of sp³-hybridized carbons (Fsp3) is 0.647. The Hall–Kier alpha value is -1.32. The zero-order valence-electron chi connectivity index (χ0n) is 13.2. The van der Waals surface area contributed by atoms with Gasteiger partial charge in [0.25, 0.3) is 0 Å². The molecule has 2 rings (SSSR count). The van der Waals surface area contributed by atoms with E-state index in [1.807, 2.05) is 0 Å². The molecule has 1 N–H and O–H groups in total. The third kappa shape index (κ3) is 4.87. The monoisotopic (exact) mass is 297 g/mol. The van der Waals surface area contributed by atoms with Crippen molar-refractivity contribution in [2.24, 2.45) is 10.8 Å². The Bertz CT molecular complexity index is 452. The predicted molar refractivity (Wildman–Crippen MR) is 81.9 cm³/mol. The Morgan fingerprint density at radius 2 is 1.57 bits per heavy atom. The van der Waals surface area contributed by atoms with Crippen molar-refractivity contribution in [2.75, 3.05) is 5.32 Å². The standard InChI is InChI=1S/C17H25F2NO/c1-16(2)9-13(10-17(3,4)11-16)20-12-5-7-14(8-6-12)21-15(18)19/h5-8,13,15,20H,9-11H2,1-4H3. The van der Waals surface area contributed by atoms with Gasteiger partial charge in [0, 0.05) is 11.7 Å². The predicted octanol–water partition coefficient (Wildman–Crippen LogP) is 5.30. The van der Waals surface area contributed by atoms with E-state index in [0.717, 1.165) is 18.5 Å². The van der Waals surface area contributed by atoms with E-state index in [1.165, 1.54) is 6.42 Å². The average Bonchev–Trinajstić information content (AvgIpc) is 2.26. The van der Waals surface area contributed by atoms with Gasteiger partial charge in [-0.05, 0) is 54.4 Å². The van der Waals surface area contributed by atoms with E-state index in [9.17, 15) is 8.78 Å². The van der Waals surface area contributed by atoms with Crippen LogP contribution in [0.1, 0.15) is 47.0 Å². The first-order valence-corrected chi connectivity index (χ1v) is 7.47. The van der Waals surface area contributed by atoms with E-state index >= 15 is 0 Å². The molecule has 0 unspecified atom stereocenters. The molecule has 0 heterocycles. The molecule has 118 valence electrons. The molecule has 1 aliphatic carbocycles. The number of halogens is 2. The minimum atomic E-state index is -2.77. The van der Waals surface area contributed by atoms with Crippen LogP contribution < -0.4 is 10.1 Å². The van der Waals surface area contributed by atoms with Crippen LogP contribution in [0.2, 0.25) is 0 Å². The maximum atomic E-state index is 12.1. The van der Waals surface area contributed by atoms with Crippen LogP contribution in [0.4, 0.5) is 14.5 Å². The molecule has 0 saturated heterocycles. The van der Waals surface area contributed by atoms with Gasteiger partial charge in [0.05, 0.1) is 0 Å². The summed E-state index contributed by atoms with van der Waals surface area (Å²) in [4.78, 5) is 0. The van der Waals surface area contributed by atoms with Crippen molar-refractivity contribution in [2.45, 2.75) is 59.6 Å². The fourth-order valence-corrected chi connectivity index (χ4v) is 3.92. The van der Waals surface area contributed by atoms with E-state index in [0.29, 0.717) is 16.9 Å². The van der Waals surface area contributed by atoms with Gasteiger partial charge < -0.3 is 10.1 Å². The second kappa shape index (κ2) is 5.82. The lowest BCUT2D eigenvalue weighted by Gasteiger charge is -2.45. The molecule has 0 atom stereocenters. The van der Waals surface area contributed by atoms with Crippen molar-refractivity contribution in [1.82, 2.24) is 0 Å². The number of alkyl halides is 2. The van der Waals surface area contributed by atoms with Crippen LogP contribution in [0.3, 0.4) is 0 Å². The number of hydrogen-bond acceptors (Lipinski definition) is 2. The Labute approximate surface area is 125 Å². The zero-order valence-corrected chi connectivity index (χ0v) is 13.2. The quantitative estimate of drug-likeness (QED) is 0.813. The maximum Gasteiger partial charge on any atom is 0.387 e. The van der Waals surface area contributed by atoms with Crippen LogP contribution >= 0.6 is 0 Å². The normalized spacial score (nSPS) is 21.3. The number of hydrogen-bond donors (Lipinski definition) is 1. The largest absolute Gasteiger partial charge is 0.435 e. The van der Waals surface area contributed by atoms with Crippen molar-refractivity contribution in [3.63, 3.8) is 0 Å². The maximum absolute atomic E-state index is 12.1. The first-order chi connectivity index (χ1) is 9.65. The molecular formula is C17H25F2NO. The Balaban J connectivity index is 2.00. The minimum Gasteiger partial charge on any atom is -0.435 e. The number of rotatable bonds is 4. The highest BCUT2D eigenvalue weighted by atomic mass is 19.3. The molecule has 2 nitrogen and oxygen atoms in total. The summed E-state index contributed by atoms with van der Waals surface area (Å²) in [5.41, 5.74) is 1.59. The number of benzene rings is 1. The van der Waals surface area contributed by atoms with Gasteiger partial charge in [-0.2, -0.15) is 8.78 Å². The van der Waals surface area contributed by atoms with Crippen LogP contribution in [0.5, 0.6) is 5.75 Å². The summed E-state index contributed by atoms with van der Waals surface area (Å²) in [6.45, 7) is 6.46. The van der Waals surface area contributed by atoms with Crippen LogP contribution in [0.25, 0.3) is 0 Å². The lowest BCUT2D eigenvalue weighted by Crippen LogP contribution is -2.40. The summed E-state index contributed by atoms with van der Waals surface area (Å²) in [5, 5.41) is 3.53. The summed E-state index contributed by atoms with van der Waals surface area (Å²) in [6, 6.07) is 7.16. The molecule has 1 fully saturated rings. The van der Waals surface area contributed by atoms with Gasteiger partial charge in [-0.3, -0.25) is 0 Å². The lowest BCUT2D eigenvalue weighted by atomic mass is 9.63. The average molecular weight is 297 g/mol. The molecule has 0 aliphatic heterocycles. The van der Waals surface area contributed by atoms with Crippen molar-refractivity contribution >= 4 is 5.69 Å². The summed E-state index contributed by atoms with van der Waals surface area (Å²) < 4.78 is 28.6. The highest BCUT2D eigenvalue weighted by molar-refractivity contribution is 5.47. The molecule has 1 aromatic carbocycles. The van der Waals surface area contributed by atoms with Crippen LogP contribution in [0.15, 0.2) is 24.3 Å². The lowest BCUT2D eigenvalue weighted by molar-refractivity contribution is -0.0498. The molecule has 0 spiro atoms. The fourth-order valence-electron chi connectivity index (χ4n) is 3.92. The van der Waals surface area contributed by atoms with Crippen molar-refractivity contribution in [1.29, 1.82) is 0 Å². The molecule has 0 amide bonds. The summed E-state index contributed by atoms with van der Waals surface area (Å²) in [6.07, 6.45) is 3.46. The molecule has 0 bridgehead atoms. The molecular weight excluding hydrogens is 272 g/mol. The molecule has 1 aromatic rings. The molecule has 0 aromatic heterocycles. The number of nitrogens with one attached hydrogen (secondary N) is 1. The van der Waals surface area contributed by atoms with Gasteiger partial charge in [0.2, 0.25) is 0 Å².